The number of hydrogen-bond acceptors (Lipinski definition) is 2. The van der Waals surface area contributed by atoms with E-state index in [2.05, 4.69) is 0 Å². The van der Waals surface area contributed by atoms with Crippen LogP contribution < -0.4 is 5.73 Å². The van der Waals surface area contributed by atoms with Gasteiger partial charge in [0.25, 0.3) is 0 Å². The van der Waals surface area contributed by atoms with E-state index in [9.17, 15) is 4.79 Å². The molecule has 8 heavy (non-hydrogen) atoms. The zero-order valence-corrected chi connectivity index (χ0v) is 4.81. The lowest BCUT2D eigenvalue weighted by molar-refractivity contribution is -0.138. The lowest BCUT2D eigenvalue weighted by Crippen LogP contribution is -2.33. The number of carboxylic acid groups (broad SMARTS) is 1. The minimum Gasteiger partial charge on any atom is -0.479 e. The Balaban J connectivity index is 0.000000490. The maximum Gasteiger partial charge on any atom is 0.331 e. The van der Waals surface area contributed by atoms with Crippen LogP contribution in [0.25, 0.3) is 0 Å². The molecule has 4 heteroatoms. The number of carboxylic acids is 1. The topological polar surface area (TPSA) is 63.3 Å². The summed E-state index contributed by atoms with van der Waals surface area (Å²) in [6, 6.07) is 0. The third kappa shape index (κ3) is 0.993. The Bertz CT molecular complexity index is 137. The Kier molecular flexibility index (Phi) is 1.64. The smallest absolute Gasteiger partial charge is 0.331 e. The molecule has 0 aromatic rings. The van der Waals surface area contributed by atoms with Crippen LogP contribution in [0.2, 0.25) is 0 Å². The lowest BCUT2D eigenvalue weighted by atomic mass is 10.3. The van der Waals surface area contributed by atoms with Crippen molar-refractivity contribution in [2.24, 2.45) is 5.73 Å². The first-order chi connectivity index (χ1) is 3.15. The Morgan fingerprint density at radius 3 is 2.00 bits per heavy atom. The number of halogens is 1. The van der Waals surface area contributed by atoms with Crippen molar-refractivity contribution < 1.29 is 9.90 Å². The van der Waals surface area contributed by atoms with E-state index >= 15 is 0 Å². The molecular weight excluding hydrogens is 130 g/mol. The summed E-state index contributed by atoms with van der Waals surface area (Å²) in [7, 11) is 0. The van der Waals surface area contributed by atoms with Crippen LogP contribution in [-0.4, -0.2) is 16.6 Å². The monoisotopic (exact) mass is 135 g/mol. The van der Waals surface area contributed by atoms with Crippen LogP contribution in [0.3, 0.4) is 0 Å². The molecule has 0 unspecified atom stereocenters. The van der Waals surface area contributed by atoms with Crippen molar-refractivity contribution in [1.82, 2.24) is 0 Å². The molecule has 0 saturated carbocycles. The molecule has 0 aliphatic heterocycles. The summed E-state index contributed by atoms with van der Waals surface area (Å²) in [4.78, 5) is 9.90. The summed E-state index contributed by atoms with van der Waals surface area (Å²) in [5.41, 5.74) is 4.00. The highest BCUT2D eigenvalue weighted by Gasteiger charge is 2.37. The average molecular weight is 136 g/mol. The van der Waals surface area contributed by atoms with Crippen molar-refractivity contribution in [2.75, 3.05) is 0 Å². The third-order valence-corrected chi connectivity index (χ3v) is 0.896. The van der Waals surface area contributed by atoms with Gasteiger partial charge in [0.15, 0.2) is 5.54 Å². The number of nitrogens with two attached hydrogens (primary N) is 1. The van der Waals surface area contributed by atoms with E-state index in [1.807, 2.05) is 0 Å². The molecule has 0 fully saturated rings. The number of aliphatic carboxylic acids is 1. The van der Waals surface area contributed by atoms with Gasteiger partial charge in [-0.3, -0.25) is 0 Å². The molecule has 1 aliphatic rings. The van der Waals surface area contributed by atoms with E-state index < -0.39 is 11.5 Å². The van der Waals surface area contributed by atoms with Gasteiger partial charge in [-0.15, -0.1) is 12.4 Å². The SMILES string of the molecule is Cl.NC1(C(=O)O)C=C1. The minimum atomic E-state index is -1.08. The highest BCUT2D eigenvalue weighted by Crippen LogP contribution is 2.18. The molecule has 1 rings (SSSR count). The van der Waals surface area contributed by atoms with E-state index in [0.29, 0.717) is 0 Å². The second-order valence-corrected chi connectivity index (χ2v) is 1.57. The summed E-state index contributed by atoms with van der Waals surface area (Å²) >= 11 is 0. The second-order valence-electron chi connectivity index (χ2n) is 1.57. The predicted octanol–water partition coefficient (Wildman–Crippen LogP) is -0.240. The first-order valence-corrected chi connectivity index (χ1v) is 1.88. The van der Waals surface area contributed by atoms with Gasteiger partial charge in [-0.05, 0) is 0 Å². The van der Waals surface area contributed by atoms with Gasteiger partial charge >= 0.3 is 5.97 Å². The molecule has 0 spiro atoms. The van der Waals surface area contributed by atoms with Crippen molar-refractivity contribution in [2.45, 2.75) is 5.54 Å². The lowest BCUT2D eigenvalue weighted by Gasteiger charge is -1.96. The van der Waals surface area contributed by atoms with Crippen LogP contribution in [0.4, 0.5) is 0 Å². The molecule has 0 bridgehead atoms. The van der Waals surface area contributed by atoms with Crippen LogP contribution in [0, 0.1) is 0 Å². The summed E-state index contributed by atoms with van der Waals surface area (Å²) < 4.78 is 0. The van der Waals surface area contributed by atoms with E-state index in [1.165, 1.54) is 12.2 Å². The van der Waals surface area contributed by atoms with Crippen molar-refractivity contribution >= 4 is 18.4 Å². The summed E-state index contributed by atoms with van der Waals surface area (Å²) in [5.74, 6) is -0.979. The highest BCUT2D eigenvalue weighted by molar-refractivity contribution is 5.89. The van der Waals surface area contributed by atoms with E-state index in [4.69, 9.17) is 10.8 Å². The Hall–Kier alpha value is -0.540. The highest BCUT2D eigenvalue weighted by atomic mass is 35.5. The normalized spacial score (nSPS) is 19.1. The van der Waals surface area contributed by atoms with Crippen LogP contribution in [0.15, 0.2) is 12.2 Å². The Morgan fingerprint density at radius 2 is 2.00 bits per heavy atom. The largest absolute Gasteiger partial charge is 0.479 e. The van der Waals surface area contributed by atoms with Gasteiger partial charge in [-0.2, -0.15) is 0 Å². The fourth-order valence-corrected chi connectivity index (χ4v) is 0.232. The summed E-state index contributed by atoms with van der Waals surface area (Å²) in [5, 5.41) is 8.12. The quantitative estimate of drug-likeness (QED) is 0.488. The number of hydrogen-bond donors (Lipinski definition) is 2. The molecule has 0 atom stereocenters. The molecular formula is C4H6ClNO2. The molecule has 0 saturated heterocycles. The molecule has 1 aliphatic carbocycles. The van der Waals surface area contributed by atoms with Crippen LogP contribution in [0.1, 0.15) is 0 Å². The van der Waals surface area contributed by atoms with Crippen molar-refractivity contribution in [1.29, 1.82) is 0 Å². The van der Waals surface area contributed by atoms with E-state index in [-0.39, 0.29) is 12.4 Å². The predicted molar refractivity (Wildman–Crippen MR) is 30.9 cm³/mol. The van der Waals surface area contributed by atoms with Crippen molar-refractivity contribution in [3.8, 4) is 0 Å². The molecule has 0 amide bonds. The molecule has 3 N–H and O–H groups in total. The molecule has 0 aromatic carbocycles. The Labute approximate surface area is 52.6 Å². The number of rotatable bonds is 1. The van der Waals surface area contributed by atoms with Crippen molar-refractivity contribution in [3.05, 3.63) is 12.2 Å². The average Bonchev–Trinajstić information content (AvgIpc) is 2.21. The first kappa shape index (κ1) is 7.46. The van der Waals surface area contributed by atoms with Gasteiger partial charge < -0.3 is 10.8 Å². The van der Waals surface area contributed by atoms with Gasteiger partial charge in [0.05, 0.1) is 0 Å². The van der Waals surface area contributed by atoms with Gasteiger partial charge in [0.1, 0.15) is 0 Å². The van der Waals surface area contributed by atoms with E-state index in [0.717, 1.165) is 0 Å². The second kappa shape index (κ2) is 1.76. The van der Waals surface area contributed by atoms with Gasteiger partial charge in [-0.1, -0.05) is 12.2 Å². The fraction of sp³-hybridized carbons (Fsp3) is 0.250. The molecule has 0 heterocycles. The zero-order valence-electron chi connectivity index (χ0n) is 4.00. The summed E-state index contributed by atoms with van der Waals surface area (Å²) in [6.07, 6.45) is 2.88. The molecule has 0 radical (unpaired) electrons. The number of carbonyl (C=O) groups is 1. The molecule has 3 nitrogen and oxygen atoms in total. The molecule has 0 aromatic heterocycles. The van der Waals surface area contributed by atoms with Gasteiger partial charge in [0, 0.05) is 0 Å². The van der Waals surface area contributed by atoms with E-state index in [1.54, 1.807) is 0 Å². The maximum absolute atomic E-state index is 9.90. The van der Waals surface area contributed by atoms with Crippen molar-refractivity contribution in [3.63, 3.8) is 0 Å². The van der Waals surface area contributed by atoms with Crippen LogP contribution in [0.5, 0.6) is 0 Å². The third-order valence-electron chi connectivity index (χ3n) is 0.896. The standard InChI is InChI=1S/C4H5NO2.ClH/c5-4(1-2-4)3(6)7;/h1-2H,5H2,(H,6,7);1H. The van der Waals surface area contributed by atoms with Gasteiger partial charge in [-0.25, -0.2) is 4.79 Å². The Morgan fingerprint density at radius 1 is 1.62 bits per heavy atom. The van der Waals surface area contributed by atoms with Crippen LogP contribution >= 0.6 is 12.4 Å². The van der Waals surface area contributed by atoms with Crippen LogP contribution in [-0.2, 0) is 4.79 Å². The summed E-state index contributed by atoms with van der Waals surface area (Å²) in [6.45, 7) is 0. The van der Waals surface area contributed by atoms with Gasteiger partial charge in [0.2, 0.25) is 0 Å². The minimum absolute atomic E-state index is 0. The zero-order chi connectivity index (χ0) is 5.49. The molecule has 46 valence electrons. The maximum atomic E-state index is 9.90. The first-order valence-electron chi connectivity index (χ1n) is 1.88. The fourth-order valence-electron chi connectivity index (χ4n) is 0.232.